The summed E-state index contributed by atoms with van der Waals surface area (Å²) in [6.45, 7) is 4.49. The Bertz CT molecular complexity index is 1050. The lowest BCUT2D eigenvalue weighted by molar-refractivity contribution is -0.147. The van der Waals surface area contributed by atoms with Gasteiger partial charge >= 0.3 is 0 Å². The number of fused-ring (bicyclic) bond motifs is 1. The van der Waals surface area contributed by atoms with Crippen molar-refractivity contribution in [1.29, 1.82) is 0 Å². The lowest BCUT2D eigenvalue weighted by Gasteiger charge is -2.37. The summed E-state index contributed by atoms with van der Waals surface area (Å²) < 4.78 is 5.34. The molecule has 0 spiro atoms. The number of methoxy groups -OCH3 is 1. The molecule has 1 saturated heterocycles. The molecule has 2 amide bonds. The molecule has 0 bridgehead atoms. The zero-order valence-electron chi connectivity index (χ0n) is 16.2. The Morgan fingerprint density at radius 1 is 1.21 bits per heavy atom. The van der Waals surface area contributed by atoms with E-state index >= 15 is 0 Å². The number of β-lactam (4-membered cyclic amide) rings is 1. The number of ether oxygens (including phenoxy) is 1. The number of para-hydroxylation sites is 1. The molecular weight excluding hydrogens is 354 g/mol. The van der Waals surface area contributed by atoms with Crippen LogP contribution in [0.3, 0.4) is 0 Å². The highest BCUT2D eigenvalue weighted by Gasteiger charge is 2.38. The van der Waals surface area contributed by atoms with E-state index in [1.165, 1.54) is 0 Å². The van der Waals surface area contributed by atoms with Gasteiger partial charge in [-0.2, -0.15) is 0 Å². The molecule has 0 unspecified atom stereocenters. The van der Waals surface area contributed by atoms with Gasteiger partial charge in [-0.15, -0.1) is 0 Å². The first-order chi connectivity index (χ1) is 13.5. The number of aromatic amines is 1. The van der Waals surface area contributed by atoms with Crippen LogP contribution >= 0.6 is 0 Å². The summed E-state index contributed by atoms with van der Waals surface area (Å²) in [5.74, 6) is 0.477. The van der Waals surface area contributed by atoms with E-state index in [1.807, 2.05) is 56.4 Å². The number of carbonyl (C=O) groups is 2. The third kappa shape index (κ3) is 3.01. The average Bonchev–Trinajstić information content (AvgIpc) is 3.10. The van der Waals surface area contributed by atoms with Gasteiger partial charge in [0, 0.05) is 41.3 Å². The van der Waals surface area contributed by atoms with Gasteiger partial charge in [0.25, 0.3) is 5.91 Å². The average molecular weight is 377 g/mol. The second kappa shape index (κ2) is 7.03. The number of benzene rings is 2. The van der Waals surface area contributed by atoms with Crippen molar-refractivity contribution < 1.29 is 14.3 Å². The molecule has 1 aromatic heterocycles. The number of aromatic nitrogens is 1. The van der Waals surface area contributed by atoms with Gasteiger partial charge < -0.3 is 19.9 Å². The van der Waals surface area contributed by atoms with Gasteiger partial charge in [0.15, 0.2) is 0 Å². The van der Waals surface area contributed by atoms with E-state index in [4.69, 9.17) is 4.74 Å². The standard InChI is InChI=1S/C22H23N3O3/c1-13-5-4-6-14(2)20(13)24-22(27)21(25-10-9-19(25)26)17-12-23-18-8-7-15(28-3)11-16(17)18/h4-8,11-12,21,23H,9-10H2,1-3H3,(H,24,27)/t21-/m0/s1. The highest BCUT2D eigenvalue weighted by molar-refractivity contribution is 6.02. The van der Waals surface area contributed by atoms with Crippen molar-refractivity contribution in [2.45, 2.75) is 26.3 Å². The van der Waals surface area contributed by atoms with Gasteiger partial charge in [-0.1, -0.05) is 18.2 Å². The lowest BCUT2D eigenvalue weighted by atomic mass is 9.98. The number of likely N-dealkylation sites (tertiary alicyclic amines) is 1. The van der Waals surface area contributed by atoms with Crippen LogP contribution in [0.15, 0.2) is 42.6 Å². The lowest BCUT2D eigenvalue weighted by Crippen LogP contribution is -2.49. The number of amides is 2. The topological polar surface area (TPSA) is 74.4 Å². The fourth-order valence-corrected chi connectivity index (χ4v) is 3.73. The summed E-state index contributed by atoms with van der Waals surface area (Å²) in [7, 11) is 1.61. The van der Waals surface area contributed by atoms with Gasteiger partial charge in [0.1, 0.15) is 11.8 Å². The van der Waals surface area contributed by atoms with Crippen LogP contribution in [0.5, 0.6) is 5.75 Å². The molecule has 0 aliphatic carbocycles. The minimum absolute atomic E-state index is 0.0149. The van der Waals surface area contributed by atoms with Gasteiger partial charge in [-0.05, 0) is 43.2 Å². The molecule has 1 atom stereocenters. The number of hydrogen-bond acceptors (Lipinski definition) is 3. The van der Waals surface area contributed by atoms with Crippen LogP contribution in [0.2, 0.25) is 0 Å². The number of anilines is 1. The van der Waals surface area contributed by atoms with Crippen LogP contribution in [0.25, 0.3) is 10.9 Å². The van der Waals surface area contributed by atoms with E-state index in [1.54, 1.807) is 12.0 Å². The van der Waals surface area contributed by atoms with Crippen LogP contribution in [0, 0.1) is 13.8 Å². The molecule has 1 fully saturated rings. The second-order valence-corrected chi connectivity index (χ2v) is 7.15. The maximum atomic E-state index is 13.3. The van der Waals surface area contributed by atoms with Crippen LogP contribution < -0.4 is 10.1 Å². The predicted molar refractivity (Wildman–Crippen MR) is 108 cm³/mol. The Hall–Kier alpha value is -3.28. The minimum Gasteiger partial charge on any atom is -0.497 e. The van der Waals surface area contributed by atoms with Crippen molar-refractivity contribution in [2.75, 3.05) is 19.0 Å². The second-order valence-electron chi connectivity index (χ2n) is 7.15. The van der Waals surface area contributed by atoms with E-state index < -0.39 is 6.04 Å². The Labute approximate surface area is 163 Å². The Morgan fingerprint density at radius 3 is 2.57 bits per heavy atom. The maximum Gasteiger partial charge on any atom is 0.251 e. The summed E-state index contributed by atoms with van der Waals surface area (Å²) in [6.07, 6.45) is 2.28. The number of carbonyl (C=O) groups excluding carboxylic acids is 2. The Balaban J connectivity index is 1.76. The van der Waals surface area contributed by atoms with Crippen molar-refractivity contribution in [2.24, 2.45) is 0 Å². The molecule has 0 saturated carbocycles. The Morgan fingerprint density at radius 2 is 1.96 bits per heavy atom. The van der Waals surface area contributed by atoms with Gasteiger partial charge in [-0.25, -0.2) is 0 Å². The normalized spacial score (nSPS) is 14.7. The molecule has 4 rings (SSSR count). The number of hydrogen-bond donors (Lipinski definition) is 2. The predicted octanol–water partition coefficient (Wildman–Crippen LogP) is 3.71. The monoisotopic (exact) mass is 377 g/mol. The largest absolute Gasteiger partial charge is 0.497 e. The first kappa shape index (κ1) is 18.1. The summed E-state index contributed by atoms with van der Waals surface area (Å²) >= 11 is 0. The zero-order valence-corrected chi connectivity index (χ0v) is 16.2. The van der Waals surface area contributed by atoms with E-state index in [-0.39, 0.29) is 11.8 Å². The fraction of sp³-hybridized carbons (Fsp3) is 0.273. The first-order valence-corrected chi connectivity index (χ1v) is 9.31. The number of H-pyrrole nitrogens is 1. The van der Waals surface area contributed by atoms with Crippen molar-refractivity contribution in [3.8, 4) is 5.75 Å². The van der Waals surface area contributed by atoms with E-state index in [0.717, 1.165) is 33.3 Å². The van der Waals surface area contributed by atoms with E-state index in [9.17, 15) is 9.59 Å². The number of nitrogens with one attached hydrogen (secondary N) is 2. The van der Waals surface area contributed by atoms with Crippen LogP contribution in [0.1, 0.15) is 29.2 Å². The Kier molecular flexibility index (Phi) is 4.55. The van der Waals surface area contributed by atoms with E-state index in [0.29, 0.717) is 18.7 Å². The van der Waals surface area contributed by atoms with Crippen molar-refractivity contribution in [1.82, 2.24) is 9.88 Å². The highest BCUT2D eigenvalue weighted by atomic mass is 16.5. The van der Waals surface area contributed by atoms with E-state index in [2.05, 4.69) is 10.3 Å². The third-order valence-corrected chi connectivity index (χ3v) is 5.39. The molecule has 3 aromatic rings. The molecular formula is C22H23N3O3. The number of aryl methyl sites for hydroxylation is 2. The van der Waals surface area contributed by atoms with Gasteiger partial charge in [0.05, 0.1) is 7.11 Å². The molecule has 2 N–H and O–H groups in total. The fourth-order valence-electron chi connectivity index (χ4n) is 3.73. The van der Waals surface area contributed by atoms with Crippen molar-refractivity contribution >= 4 is 28.4 Å². The van der Waals surface area contributed by atoms with Gasteiger partial charge in [0.2, 0.25) is 5.91 Å². The van der Waals surface area contributed by atoms with Crippen molar-refractivity contribution in [3.63, 3.8) is 0 Å². The highest BCUT2D eigenvalue weighted by Crippen LogP contribution is 2.35. The summed E-state index contributed by atoms with van der Waals surface area (Å²) in [4.78, 5) is 30.4. The first-order valence-electron chi connectivity index (χ1n) is 9.31. The van der Waals surface area contributed by atoms with Crippen molar-refractivity contribution in [3.05, 3.63) is 59.3 Å². The summed E-state index contributed by atoms with van der Waals surface area (Å²) in [6, 6.07) is 10.9. The molecule has 2 aromatic carbocycles. The van der Waals surface area contributed by atoms with Crippen LogP contribution in [0.4, 0.5) is 5.69 Å². The molecule has 0 radical (unpaired) electrons. The maximum absolute atomic E-state index is 13.3. The summed E-state index contributed by atoms with van der Waals surface area (Å²) in [5.41, 5.74) is 4.44. The summed E-state index contributed by atoms with van der Waals surface area (Å²) in [5, 5.41) is 3.93. The minimum atomic E-state index is -0.693. The third-order valence-electron chi connectivity index (χ3n) is 5.39. The molecule has 2 heterocycles. The molecule has 6 nitrogen and oxygen atoms in total. The molecule has 1 aliphatic rings. The van der Waals surface area contributed by atoms with Crippen LogP contribution in [-0.4, -0.2) is 35.4 Å². The smallest absolute Gasteiger partial charge is 0.251 e. The number of rotatable bonds is 5. The number of nitrogens with zero attached hydrogens (tertiary/aromatic N) is 1. The zero-order chi connectivity index (χ0) is 19.8. The molecule has 28 heavy (non-hydrogen) atoms. The molecule has 1 aliphatic heterocycles. The van der Waals surface area contributed by atoms with Gasteiger partial charge in [-0.3, -0.25) is 9.59 Å². The molecule has 6 heteroatoms. The SMILES string of the molecule is COc1ccc2[nH]cc([C@@H](C(=O)Nc3c(C)cccc3C)N3CCC3=O)c2c1. The van der Waals surface area contributed by atoms with Crippen LogP contribution in [-0.2, 0) is 9.59 Å². The quantitative estimate of drug-likeness (QED) is 0.666. The molecule has 144 valence electrons.